The molecule has 0 aliphatic rings. The molecule has 0 atom stereocenters. The number of hydrogen-bond donors (Lipinski definition) is 1. The fourth-order valence-corrected chi connectivity index (χ4v) is 3.07. The monoisotopic (exact) mass is 377 g/mol. The van der Waals surface area contributed by atoms with Crippen LogP contribution in [0, 0.1) is 0 Å². The lowest BCUT2D eigenvalue weighted by atomic mass is 10.2. The molecule has 2 heterocycles. The number of thiazole rings is 1. The van der Waals surface area contributed by atoms with E-state index in [9.17, 15) is 18.0 Å². The smallest absolute Gasteiger partial charge is 0.326 e. The maximum absolute atomic E-state index is 12.5. The molecule has 0 spiro atoms. The third-order valence-corrected chi connectivity index (χ3v) is 4.48. The topological polar surface area (TPSA) is 54.9 Å². The first kappa shape index (κ1) is 18.1. The summed E-state index contributed by atoms with van der Waals surface area (Å²) >= 11 is 1.45. The minimum Gasteiger partial charge on any atom is -0.326 e. The molecule has 26 heavy (non-hydrogen) atoms. The van der Waals surface area contributed by atoms with Gasteiger partial charge in [-0.25, -0.2) is 4.98 Å². The first-order chi connectivity index (χ1) is 12.4. The number of pyridine rings is 1. The molecule has 1 N–H and O–H groups in total. The lowest BCUT2D eigenvalue weighted by Crippen LogP contribution is -2.12. The van der Waals surface area contributed by atoms with Gasteiger partial charge in [0.05, 0.1) is 16.3 Å². The third-order valence-electron chi connectivity index (χ3n) is 3.57. The summed E-state index contributed by atoms with van der Waals surface area (Å²) in [5.74, 6) is -0.275. The summed E-state index contributed by atoms with van der Waals surface area (Å²) in [4.78, 5) is 20.5. The van der Waals surface area contributed by atoms with Crippen LogP contribution in [0.2, 0.25) is 0 Å². The Hall–Kier alpha value is -2.74. The molecule has 0 bridgehead atoms. The minimum atomic E-state index is -4.39. The summed E-state index contributed by atoms with van der Waals surface area (Å²) in [6, 6.07) is 8.09. The van der Waals surface area contributed by atoms with Gasteiger partial charge in [-0.3, -0.25) is 9.78 Å². The molecule has 2 aromatic heterocycles. The molecule has 134 valence electrons. The third kappa shape index (κ3) is 4.66. The van der Waals surface area contributed by atoms with Crippen LogP contribution in [0.5, 0.6) is 0 Å². The van der Waals surface area contributed by atoms with Gasteiger partial charge in [0.1, 0.15) is 0 Å². The summed E-state index contributed by atoms with van der Waals surface area (Å²) in [5.41, 5.74) is 1.30. The van der Waals surface area contributed by atoms with Crippen molar-refractivity contribution >= 4 is 22.9 Å². The number of hydrogen-bond acceptors (Lipinski definition) is 4. The number of alkyl halides is 3. The van der Waals surface area contributed by atoms with Gasteiger partial charge < -0.3 is 5.32 Å². The number of anilines is 1. The number of rotatable bonds is 5. The lowest BCUT2D eigenvalue weighted by Gasteiger charge is -2.08. The van der Waals surface area contributed by atoms with Crippen LogP contribution in [0.25, 0.3) is 11.3 Å². The fourth-order valence-electron chi connectivity index (χ4n) is 2.26. The molecule has 0 aliphatic heterocycles. The number of nitrogens with one attached hydrogen (secondary N) is 1. The van der Waals surface area contributed by atoms with E-state index in [0.29, 0.717) is 12.1 Å². The average Bonchev–Trinajstić information content (AvgIpc) is 3.09. The first-order valence-corrected chi connectivity index (χ1v) is 8.62. The van der Waals surface area contributed by atoms with Crippen molar-refractivity contribution in [3.8, 4) is 11.3 Å². The van der Waals surface area contributed by atoms with E-state index in [4.69, 9.17) is 0 Å². The Labute approximate surface area is 151 Å². The predicted octanol–water partition coefficient (Wildman–Crippen LogP) is 4.80. The highest BCUT2D eigenvalue weighted by Crippen LogP contribution is 2.29. The summed E-state index contributed by atoms with van der Waals surface area (Å²) in [6.45, 7) is 0. The van der Waals surface area contributed by atoms with Crippen molar-refractivity contribution < 1.29 is 18.0 Å². The zero-order chi connectivity index (χ0) is 18.6. The molecule has 0 radical (unpaired) electrons. The van der Waals surface area contributed by atoms with E-state index in [2.05, 4.69) is 15.3 Å². The Morgan fingerprint density at radius 1 is 1.15 bits per heavy atom. The van der Waals surface area contributed by atoms with E-state index in [1.165, 1.54) is 23.5 Å². The predicted molar refractivity (Wildman–Crippen MR) is 93.7 cm³/mol. The summed E-state index contributed by atoms with van der Waals surface area (Å²) in [5, 5.41) is 5.30. The van der Waals surface area contributed by atoms with Crippen molar-refractivity contribution in [2.24, 2.45) is 0 Å². The Morgan fingerprint density at radius 2 is 1.92 bits per heavy atom. The van der Waals surface area contributed by atoms with E-state index in [0.717, 1.165) is 28.4 Å². The molecule has 0 fully saturated rings. The van der Waals surface area contributed by atoms with E-state index >= 15 is 0 Å². The quantitative estimate of drug-likeness (QED) is 0.695. The molecule has 0 saturated carbocycles. The van der Waals surface area contributed by atoms with Gasteiger partial charge in [0.2, 0.25) is 5.91 Å². The number of benzene rings is 1. The largest absolute Gasteiger partial charge is 0.416 e. The van der Waals surface area contributed by atoms with Crippen LogP contribution >= 0.6 is 11.3 Å². The molecule has 4 nitrogen and oxygen atoms in total. The second kappa shape index (κ2) is 7.65. The van der Waals surface area contributed by atoms with Crippen LogP contribution in [0.4, 0.5) is 18.9 Å². The molecule has 3 aromatic rings. The molecule has 0 saturated heterocycles. The number of amides is 1. The molecule has 0 aliphatic carbocycles. The molecule has 0 unspecified atom stereocenters. The summed E-state index contributed by atoms with van der Waals surface area (Å²) in [7, 11) is 0. The molecule has 3 rings (SSSR count). The lowest BCUT2D eigenvalue weighted by molar-refractivity contribution is -0.137. The number of carbonyl (C=O) groups excluding carboxylic acids is 1. The number of carbonyl (C=O) groups is 1. The van der Waals surface area contributed by atoms with Crippen LogP contribution in [-0.4, -0.2) is 15.9 Å². The van der Waals surface area contributed by atoms with E-state index in [-0.39, 0.29) is 12.3 Å². The first-order valence-electron chi connectivity index (χ1n) is 7.74. The maximum Gasteiger partial charge on any atom is 0.416 e. The highest BCUT2D eigenvalue weighted by molar-refractivity contribution is 7.09. The van der Waals surface area contributed by atoms with E-state index in [1.807, 2.05) is 17.5 Å². The molecule has 8 heteroatoms. The van der Waals surface area contributed by atoms with Crippen LogP contribution in [-0.2, 0) is 17.4 Å². The Bertz CT molecular complexity index is 877. The summed E-state index contributed by atoms with van der Waals surface area (Å²) in [6.07, 6.45) is -0.337. The molecular weight excluding hydrogens is 363 g/mol. The molecule has 1 aromatic carbocycles. The van der Waals surface area contributed by atoms with Gasteiger partial charge in [-0.1, -0.05) is 0 Å². The zero-order valence-corrected chi connectivity index (χ0v) is 14.3. The maximum atomic E-state index is 12.5. The van der Waals surface area contributed by atoms with Gasteiger partial charge in [0.15, 0.2) is 0 Å². The van der Waals surface area contributed by atoms with Gasteiger partial charge in [-0.15, -0.1) is 11.3 Å². The van der Waals surface area contributed by atoms with Crippen LogP contribution in [0.1, 0.15) is 17.0 Å². The molecular formula is C18H14F3N3OS. The van der Waals surface area contributed by atoms with Gasteiger partial charge in [-0.2, -0.15) is 13.2 Å². The zero-order valence-electron chi connectivity index (χ0n) is 13.5. The second-order valence-corrected chi connectivity index (χ2v) is 6.43. The Balaban J connectivity index is 1.54. The van der Waals surface area contributed by atoms with Gasteiger partial charge >= 0.3 is 6.18 Å². The SMILES string of the molecule is O=C(CCc1nc(-c2cccnc2)cs1)Nc1ccc(C(F)(F)F)cc1. The van der Waals surface area contributed by atoms with Gasteiger partial charge in [0.25, 0.3) is 0 Å². The van der Waals surface area contributed by atoms with Gasteiger partial charge in [-0.05, 0) is 36.4 Å². The number of aromatic nitrogens is 2. The van der Waals surface area contributed by atoms with Crippen LogP contribution in [0.3, 0.4) is 0 Å². The average molecular weight is 377 g/mol. The van der Waals surface area contributed by atoms with Crippen molar-refractivity contribution in [2.75, 3.05) is 5.32 Å². The highest BCUT2D eigenvalue weighted by atomic mass is 32.1. The van der Waals surface area contributed by atoms with E-state index < -0.39 is 11.7 Å². The van der Waals surface area contributed by atoms with Crippen LogP contribution in [0.15, 0.2) is 54.2 Å². The number of aryl methyl sites for hydroxylation is 1. The van der Waals surface area contributed by atoms with Crippen molar-refractivity contribution in [3.63, 3.8) is 0 Å². The van der Waals surface area contributed by atoms with E-state index in [1.54, 1.807) is 12.4 Å². The minimum absolute atomic E-state index is 0.195. The van der Waals surface area contributed by atoms with Crippen molar-refractivity contribution in [3.05, 3.63) is 64.7 Å². The molecule has 1 amide bonds. The normalized spacial score (nSPS) is 11.3. The summed E-state index contributed by atoms with van der Waals surface area (Å²) < 4.78 is 37.6. The Morgan fingerprint density at radius 3 is 2.58 bits per heavy atom. The van der Waals surface area contributed by atoms with Crippen molar-refractivity contribution in [1.82, 2.24) is 9.97 Å². The van der Waals surface area contributed by atoms with Gasteiger partial charge in [0, 0.05) is 41.9 Å². The number of halogens is 3. The fraction of sp³-hybridized carbons (Fsp3) is 0.167. The van der Waals surface area contributed by atoms with Crippen molar-refractivity contribution in [2.45, 2.75) is 19.0 Å². The van der Waals surface area contributed by atoms with Crippen molar-refractivity contribution in [1.29, 1.82) is 0 Å². The second-order valence-electron chi connectivity index (χ2n) is 5.49. The Kier molecular flexibility index (Phi) is 5.32. The highest BCUT2D eigenvalue weighted by Gasteiger charge is 2.29. The standard InChI is InChI=1S/C18H14F3N3OS/c19-18(20,21)13-3-5-14(6-4-13)23-16(25)7-8-17-24-15(11-26-17)12-2-1-9-22-10-12/h1-6,9-11H,7-8H2,(H,23,25). The number of nitrogens with zero attached hydrogens (tertiary/aromatic N) is 2. The van der Waals surface area contributed by atoms with Crippen LogP contribution < -0.4 is 5.32 Å².